The lowest BCUT2D eigenvalue weighted by Gasteiger charge is -2.34. The third-order valence-corrected chi connectivity index (χ3v) is 6.44. The van der Waals surface area contributed by atoms with Gasteiger partial charge >= 0.3 is 6.03 Å². The largest absolute Gasteiger partial charge is 0.338 e. The number of pyridine rings is 1. The highest BCUT2D eigenvalue weighted by Gasteiger charge is 2.26. The molecule has 1 aromatic carbocycles. The zero-order valence-electron chi connectivity index (χ0n) is 21.4. The Hall–Kier alpha value is -3.13. The predicted molar refractivity (Wildman–Crippen MR) is 140 cm³/mol. The third-order valence-electron chi connectivity index (χ3n) is 6.44. The molecule has 3 rings (SSSR count). The van der Waals surface area contributed by atoms with Gasteiger partial charge in [0.05, 0.1) is 0 Å². The first-order chi connectivity index (χ1) is 16.6. The van der Waals surface area contributed by atoms with Crippen molar-refractivity contribution in [2.24, 2.45) is 5.92 Å². The summed E-state index contributed by atoms with van der Waals surface area (Å²) in [5.41, 5.74) is 1.96. The second-order valence-electron chi connectivity index (χ2n) is 10.5. The predicted octanol–water partition coefficient (Wildman–Crippen LogP) is 3.67. The first-order valence-electron chi connectivity index (χ1n) is 12.4. The number of rotatable bonds is 8. The molecular formula is C27H39N5O3. The Morgan fingerprint density at radius 1 is 1.17 bits per heavy atom. The van der Waals surface area contributed by atoms with E-state index in [1.807, 2.05) is 24.3 Å². The number of amides is 3. The lowest BCUT2D eigenvalue weighted by atomic mass is 9.87. The quantitative estimate of drug-likeness (QED) is 0.501. The summed E-state index contributed by atoms with van der Waals surface area (Å²) in [6, 6.07) is 11.0. The van der Waals surface area contributed by atoms with Gasteiger partial charge in [-0.25, -0.2) is 4.79 Å². The van der Waals surface area contributed by atoms with Crippen LogP contribution in [0.2, 0.25) is 0 Å². The Bertz CT molecular complexity index is 1040. The van der Waals surface area contributed by atoms with Crippen LogP contribution in [-0.2, 0) is 5.41 Å². The molecule has 1 aliphatic heterocycles. The Morgan fingerprint density at radius 3 is 2.60 bits per heavy atom. The third kappa shape index (κ3) is 7.96. The van der Waals surface area contributed by atoms with E-state index in [0.29, 0.717) is 25.6 Å². The van der Waals surface area contributed by atoms with Crippen molar-refractivity contribution in [2.75, 3.05) is 45.1 Å². The first kappa shape index (κ1) is 26.5. The fraction of sp³-hybridized carbons (Fsp3) is 0.519. The molecule has 0 radical (unpaired) electrons. The molecule has 0 spiro atoms. The molecule has 3 N–H and O–H groups in total. The minimum Gasteiger partial charge on any atom is -0.338 e. The smallest absolute Gasteiger partial charge is 0.319 e. The lowest BCUT2D eigenvalue weighted by molar-refractivity contribution is 0.0646. The van der Waals surface area contributed by atoms with E-state index in [4.69, 9.17) is 0 Å². The van der Waals surface area contributed by atoms with E-state index in [0.717, 1.165) is 38.0 Å². The molecular weight excluding hydrogens is 442 g/mol. The number of nitrogens with one attached hydrogen (secondary N) is 3. The van der Waals surface area contributed by atoms with Gasteiger partial charge in [0.15, 0.2) is 0 Å². The molecule has 0 aliphatic carbocycles. The molecule has 1 aromatic heterocycles. The van der Waals surface area contributed by atoms with E-state index in [1.165, 1.54) is 11.8 Å². The fourth-order valence-electron chi connectivity index (χ4n) is 4.47. The minimum absolute atomic E-state index is 0.0827. The number of H-pyrrole nitrogens is 1. The summed E-state index contributed by atoms with van der Waals surface area (Å²) >= 11 is 0. The molecule has 3 amide bonds. The first-order valence-corrected chi connectivity index (χ1v) is 12.4. The van der Waals surface area contributed by atoms with Crippen LogP contribution in [0.15, 0.2) is 47.4 Å². The van der Waals surface area contributed by atoms with Crippen LogP contribution in [0.5, 0.6) is 0 Å². The van der Waals surface area contributed by atoms with E-state index in [2.05, 4.69) is 48.3 Å². The lowest BCUT2D eigenvalue weighted by Crippen LogP contribution is -2.44. The maximum Gasteiger partial charge on any atom is 0.319 e. The van der Waals surface area contributed by atoms with Gasteiger partial charge in [0.1, 0.15) is 5.56 Å². The monoisotopic (exact) mass is 481 g/mol. The van der Waals surface area contributed by atoms with Gasteiger partial charge in [-0.05, 0) is 74.0 Å². The Balaban J connectivity index is 1.36. The Kier molecular flexibility index (Phi) is 9.09. The van der Waals surface area contributed by atoms with E-state index >= 15 is 0 Å². The zero-order valence-corrected chi connectivity index (χ0v) is 21.4. The number of nitrogens with zero attached hydrogens (tertiary/aromatic N) is 2. The number of anilines is 1. The second-order valence-corrected chi connectivity index (χ2v) is 10.5. The number of aromatic amines is 1. The van der Waals surface area contributed by atoms with Crippen LogP contribution in [0.25, 0.3) is 0 Å². The van der Waals surface area contributed by atoms with Gasteiger partial charge in [0.2, 0.25) is 0 Å². The zero-order chi connectivity index (χ0) is 25.4. The summed E-state index contributed by atoms with van der Waals surface area (Å²) in [5.74, 6) is 0.176. The molecule has 8 heteroatoms. The topological polar surface area (TPSA) is 97.5 Å². The number of likely N-dealkylation sites (tertiary alicyclic amines) is 1. The van der Waals surface area contributed by atoms with Crippen LogP contribution in [-0.4, -0.2) is 66.5 Å². The average Bonchev–Trinajstić information content (AvgIpc) is 2.82. The van der Waals surface area contributed by atoms with Gasteiger partial charge in [0.25, 0.3) is 11.5 Å². The van der Waals surface area contributed by atoms with E-state index < -0.39 is 0 Å². The van der Waals surface area contributed by atoms with Crippen LogP contribution in [0.4, 0.5) is 10.5 Å². The van der Waals surface area contributed by atoms with Crippen molar-refractivity contribution in [1.82, 2.24) is 20.1 Å². The normalized spacial score (nSPS) is 16.3. The molecule has 8 nitrogen and oxygen atoms in total. The Morgan fingerprint density at radius 2 is 1.91 bits per heavy atom. The summed E-state index contributed by atoms with van der Waals surface area (Å²) in [5, 5.41) is 5.80. The maximum absolute atomic E-state index is 12.8. The Labute approximate surface area is 208 Å². The van der Waals surface area contributed by atoms with Crippen molar-refractivity contribution < 1.29 is 9.59 Å². The molecule has 0 bridgehead atoms. The molecule has 1 aliphatic rings. The molecule has 1 fully saturated rings. The number of hydrogen-bond acceptors (Lipinski definition) is 4. The van der Waals surface area contributed by atoms with Gasteiger partial charge in [0, 0.05) is 38.1 Å². The van der Waals surface area contributed by atoms with Crippen molar-refractivity contribution >= 4 is 17.6 Å². The standard InChI is InChI=1S/C27H39N5O3/c1-27(2,3)21-10-12-22(13-11-21)30-26(35)29-15-7-16-31(4)18-20-8-6-17-32(19-20)25(34)23-9-5-14-28-24(23)33/h5,9-14,20H,6-8,15-19H2,1-4H3,(H,28,33)(H2,29,30,35). The van der Waals surface area contributed by atoms with Gasteiger partial charge in [-0.1, -0.05) is 32.9 Å². The van der Waals surface area contributed by atoms with Gasteiger partial charge < -0.3 is 25.4 Å². The minimum atomic E-state index is -0.338. The van der Waals surface area contributed by atoms with Crippen LogP contribution < -0.4 is 16.2 Å². The summed E-state index contributed by atoms with van der Waals surface area (Å²) in [6.07, 6.45) is 4.37. The molecule has 1 saturated heterocycles. The van der Waals surface area contributed by atoms with Crippen molar-refractivity contribution in [3.05, 3.63) is 64.1 Å². The number of carbonyl (C=O) groups is 2. The fourth-order valence-corrected chi connectivity index (χ4v) is 4.47. The number of urea groups is 1. The molecule has 1 atom stereocenters. The van der Waals surface area contributed by atoms with Crippen LogP contribution >= 0.6 is 0 Å². The van der Waals surface area contributed by atoms with Crippen LogP contribution in [0.3, 0.4) is 0 Å². The summed E-state index contributed by atoms with van der Waals surface area (Å²) in [7, 11) is 2.07. The molecule has 35 heavy (non-hydrogen) atoms. The van der Waals surface area contributed by atoms with Crippen molar-refractivity contribution in [2.45, 2.75) is 45.4 Å². The van der Waals surface area contributed by atoms with Crippen LogP contribution in [0, 0.1) is 5.92 Å². The highest BCUT2D eigenvalue weighted by molar-refractivity contribution is 5.93. The summed E-state index contributed by atoms with van der Waals surface area (Å²) in [4.78, 5) is 43.5. The van der Waals surface area contributed by atoms with Crippen molar-refractivity contribution in [3.63, 3.8) is 0 Å². The van der Waals surface area contributed by atoms with E-state index in [-0.39, 0.29) is 28.5 Å². The molecule has 0 saturated carbocycles. The maximum atomic E-state index is 12.8. The molecule has 2 aromatic rings. The highest BCUT2D eigenvalue weighted by atomic mass is 16.2. The van der Waals surface area contributed by atoms with Gasteiger partial charge in [-0.15, -0.1) is 0 Å². The van der Waals surface area contributed by atoms with Crippen molar-refractivity contribution in [1.29, 1.82) is 0 Å². The highest BCUT2D eigenvalue weighted by Crippen LogP contribution is 2.23. The van der Waals surface area contributed by atoms with Crippen molar-refractivity contribution in [3.8, 4) is 0 Å². The van der Waals surface area contributed by atoms with Gasteiger partial charge in [-0.3, -0.25) is 9.59 Å². The summed E-state index contributed by atoms with van der Waals surface area (Å²) < 4.78 is 0. The summed E-state index contributed by atoms with van der Waals surface area (Å²) in [6.45, 7) is 10.1. The van der Waals surface area contributed by atoms with E-state index in [1.54, 1.807) is 17.0 Å². The van der Waals surface area contributed by atoms with Crippen LogP contribution in [0.1, 0.15) is 56.0 Å². The number of hydrogen-bond donors (Lipinski definition) is 3. The average molecular weight is 482 g/mol. The molecule has 1 unspecified atom stereocenters. The van der Waals surface area contributed by atoms with E-state index in [9.17, 15) is 14.4 Å². The number of aromatic nitrogens is 1. The SMILES string of the molecule is CN(CCCNC(=O)Nc1ccc(C(C)(C)C)cc1)CC1CCCN(C(=O)c2ccc[nH]c2=O)C1. The second kappa shape index (κ2) is 12.0. The number of benzene rings is 1. The van der Waals surface area contributed by atoms with Gasteiger partial charge in [-0.2, -0.15) is 0 Å². The number of piperidine rings is 1. The number of carbonyl (C=O) groups excluding carboxylic acids is 2. The molecule has 190 valence electrons. The molecule has 2 heterocycles.